The monoisotopic (exact) mass is 355 g/mol. The topological polar surface area (TPSA) is 55.4 Å². The van der Waals surface area contributed by atoms with Gasteiger partial charge in [-0.2, -0.15) is 0 Å². The van der Waals surface area contributed by atoms with Gasteiger partial charge < -0.3 is 10.1 Å². The van der Waals surface area contributed by atoms with Crippen molar-refractivity contribution in [2.24, 2.45) is 0 Å². The molecular formula is C20H21NO3S. The fourth-order valence-electron chi connectivity index (χ4n) is 3.03. The zero-order valence-corrected chi connectivity index (χ0v) is 15.0. The Bertz CT molecular complexity index is 788. The first-order chi connectivity index (χ1) is 12.2. The van der Waals surface area contributed by atoms with Crippen molar-refractivity contribution in [3.8, 4) is 0 Å². The molecule has 1 N–H and O–H groups in total. The Morgan fingerprint density at radius 3 is 2.76 bits per heavy atom. The van der Waals surface area contributed by atoms with E-state index in [-0.39, 0.29) is 24.9 Å². The van der Waals surface area contributed by atoms with Crippen LogP contribution >= 0.6 is 11.8 Å². The summed E-state index contributed by atoms with van der Waals surface area (Å²) in [4.78, 5) is 25.0. The van der Waals surface area contributed by atoms with E-state index in [9.17, 15) is 9.59 Å². The van der Waals surface area contributed by atoms with E-state index in [2.05, 4.69) is 17.4 Å². The fourth-order valence-corrected chi connectivity index (χ4v) is 3.59. The van der Waals surface area contributed by atoms with E-state index in [1.165, 1.54) is 17.5 Å². The number of ether oxygens (including phenoxy) is 1. The first-order valence-electron chi connectivity index (χ1n) is 8.35. The maximum atomic E-state index is 12.0. The van der Waals surface area contributed by atoms with Crippen molar-refractivity contribution in [1.29, 1.82) is 0 Å². The number of anilines is 1. The molecule has 5 heteroatoms. The number of amides is 1. The van der Waals surface area contributed by atoms with Gasteiger partial charge in [-0.1, -0.05) is 30.3 Å². The van der Waals surface area contributed by atoms with Gasteiger partial charge in [0.15, 0.2) is 6.61 Å². The molecule has 0 aliphatic heterocycles. The Labute approximate surface area is 152 Å². The first kappa shape index (κ1) is 17.5. The van der Waals surface area contributed by atoms with E-state index >= 15 is 0 Å². The standard InChI is InChI=1S/C20H21NO3S/c1-25-18-8-3-2-7-17(18)21-19(22)13-24-20(23)12-14-9-10-15-5-4-6-16(15)11-14/h2-3,7-11H,4-6,12-13H2,1H3,(H,21,22). The van der Waals surface area contributed by atoms with Crippen LogP contribution in [0.4, 0.5) is 5.69 Å². The molecule has 0 unspecified atom stereocenters. The van der Waals surface area contributed by atoms with E-state index in [4.69, 9.17) is 4.74 Å². The second-order valence-corrected chi connectivity index (χ2v) is 6.89. The Kier molecular flexibility index (Phi) is 5.76. The number of thioether (sulfide) groups is 1. The molecule has 1 aliphatic rings. The van der Waals surface area contributed by atoms with Gasteiger partial charge in [0.2, 0.25) is 0 Å². The van der Waals surface area contributed by atoms with Crippen molar-refractivity contribution in [2.45, 2.75) is 30.6 Å². The molecule has 0 spiro atoms. The van der Waals surface area contributed by atoms with Gasteiger partial charge in [0, 0.05) is 4.90 Å². The highest BCUT2D eigenvalue weighted by Crippen LogP contribution is 2.25. The normalized spacial score (nSPS) is 12.5. The largest absolute Gasteiger partial charge is 0.455 e. The van der Waals surface area contributed by atoms with Crippen molar-refractivity contribution in [3.63, 3.8) is 0 Å². The number of carbonyl (C=O) groups is 2. The van der Waals surface area contributed by atoms with Crippen molar-refractivity contribution >= 4 is 29.3 Å². The van der Waals surface area contributed by atoms with E-state index < -0.39 is 0 Å². The van der Waals surface area contributed by atoms with Gasteiger partial charge in [-0.05, 0) is 54.3 Å². The molecule has 0 atom stereocenters. The summed E-state index contributed by atoms with van der Waals surface area (Å²) in [6.45, 7) is -0.271. The third-order valence-electron chi connectivity index (χ3n) is 4.26. The van der Waals surface area contributed by atoms with Crippen LogP contribution in [0.3, 0.4) is 0 Å². The second kappa shape index (κ2) is 8.21. The highest BCUT2D eigenvalue weighted by Gasteiger charge is 2.14. The summed E-state index contributed by atoms with van der Waals surface area (Å²) in [6.07, 6.45) is 5.53. The van der Waals surface area contributed by atoms with Gasteiger partial charge in [0.05, 0.1) is 12.1 Å². The Morgan fingerprint density at radius 1 is 1.12 bits per heavy atom. The van der Waals surface area contributed by atoms with E-state index in [0.29, 0.717) is 0 Å². The lowest BCUT2D eigenvalue weighted by molar-refractivity contribution is -0.146. The molecule has 0 fully saturated rings. The van der Waals surface area contributed by atoms with Gasteiger partial charge in [-0.25, -0.2) is 0 Å². The molecule has 2 aromatic rings. The van der Waals surface area contributed by atoms with Crippen LogP contribution in [0.15, 0.2) is 47.4 Å². The van der Waals surface area contributed by atoms with Crippen molar-refractivity contribution in [3.05, 3.63) is 59.2 Å². The predicted molar refractivity (Wildman–Crippen MR) is 100.0 cm³/mol. The van der Waals surface area contributed by atoms with Gasteiger partial charge in [-0.3, -0.25) is 9.59 Å². The van der Waals surface area contributed by atoms with Crippen molar-refractivity contribution in [1.82, 2.24) is 0 Å². The molecule has 0 bridgehead atoms. The number of nitrogens with one attached hydrogen (secondary N) is 1. The number of hydrogen-bond donors (Lipinski definition) is 1. The average Bonchev–Trinajstić information content (AvgIpc) is 3.08. The maximum absolute atomic E-state index is 12.0. The minimum absolute atomic E-state index is 0.196. The van der Waals surface area contributed by atoms with Crippen LogP contribution in [0.1, 0.15) is 23.1 Å². The van der Waals surface area contributed by atoms with Gasteiger partial charge in [0.1, 0.15) is 0 Å². The molecule has 3 rings (SSSR count). The fraction of sp³-hybridized carbons (Fsp3) is 0.300. The van der Waals surface area contributed by atoms with Crippen molar-refractivity contribution < 1.29 is 14.3 Å². The lowest BCUT2D eigenvalue weighted by Crippen LogP contribution is -2.22. The third kappa shape index (κ3) is 4.63. The second-order valence-electron chi connectivity index (χ2n) is 6.04. The van der Waals surface area contributed by atoms with Gasteiger partial charge in [-0.15, -0.1) is 11.8 Å². The summed E-state index contributed by atoms with van der Waals surface area (Å²) in [6, 6.07) is 13.7. The highest BCUT2D eigenvalue weighted by molar-refractivity contribution is 7.98. The predicted octanol–water partition coefficient (Wildman–Crippen LogP) is 3.62. The molecule has 130 valence electrons. The summed E-state index contributed by atoms with van der Waals surface area (Å²) < 4.78 is 5.12. The molecule has 0 heterocycles. The van der Waals surface area contributed by atoms with Crippen LogP contribution in [-0.2, 0) is 33.6 Å². The quantitative estimate of drug-likeness (QED) is 0.635. The number of aryl methyl sites for hydroxylation is 2. The molecular weight excluding hydrogens is 334 g/mol. The van der Waals surface area contributed by atoms with E-state index in [1.54, 1.807) is 11.8 Å². The number of esters is 1. The smallest absolute Gasteiger partial charge is 0.310 e. The molecule has 1 amide bonds. The molecule has 25 heavy (non-hydrogen) atoms. The summed E-state index contributed by atoms with van der Waals surface area (Å²) in [7, 11) is 0. The number of benzene rings is 2. The van der Waals surface area contributed by atoms with Crippen LogP contribution in [0.5, 0.6) is 0 Å². The molecule has 0 saturated heterocycles. The van der Waals surface area contributed by atoms with Crippen LogP contribution in [0.2, 0.25) is 0 Å². The van der Waals surface area contributed by atoms with E-state index in [1.807, 2.05) is 36.6 Å². The molecule has 4 nitrogen and oxygen atoms in total. The minimum atomic E-state index is -0.383. The van der Waals surface area contributed by atoms with Crippen LogP contribution in [0.25, 0.3) is 0 Å². The van der Waals surface area contributed by atoms with Crippen molar-refractivity contribution in [2.75, 3.05) is 18.2 Å². The molecule has 0 aromatic heterocycles. The SMILES string of the molecule is CSc1ccccc1NC(=O)COC(=O)Cc1ccc2c(c1)CCC2. The number of para-hydroxylation sites is 1. The maximum Gasteiger partial charge on any atom is 0.310 e. The minimum Gasteiger partial charge on any atom is -0.455 e. The van der Waals surface area contributed by atoms with Crippen LogP contribution in [0, 0.1) is 0 Å². The number of rotatable bonds is 6. The zero-order valence-electron chi connectivity index (χ0n) is 14.2. The Morgan fingerprint density at radius 2 is 1.92 bits per heavy atom. The summed E-state index contributed by atoms with van der Waals surface area (Å²) in [5, 5.41) is 2.78. The van der Waals surface area contributed by atoms with Crippen LogP contribution < -0.4 is 5.32 Å². The van der Waals surface area contributed by atoms with Gasteiger partial charge >= 0.3 is 5.97 Å². The molecule has 0 saturated carbocycles. The highest BCUT2D eigenvalue weighted by atomic mass is 32.2. The summed E-state index contributed by atoms with van der Waals surface area (Å²) in [5.74, 6) is -0.713. The lowest BCUT2D eigenvalue weighted by Gasteiger charge is -2.10. The Hall–Kier alpha value is -2.27. The average molecular weight is 355 g/mol. The Balaban J connectivity index is 1.49. The number of fused-ring (bicyclic) bond motifs is 1. The first-order valence-corrected chi connectivity index (χ1v) is 9.57. The number of hydrogen-bond acceptors (Lipinski definition) is 4. The summed E-state index contributed by atoms with van der Waals surface area (Å²) in [5.41, 5.74) is 4.38. The molecule has 0 radical (unpaired) electrons. The molecule has 2 aromatic carbocycles. The zero-order chi connectivity index (χ0) is 17.6. The number of carbonyl (C=O) groups excluding carboxylic acids is 2. The molecule has 1 aliphatic carbocycles. The van der Waals surface area contributed by atoms with Crippen LogP contribution in [-0.4, -0.2) is 24.7 Å². The lowest BCUT2D eigenvalue weighted by atomic mass is 10.0. The third-order valence-corrected chi connectivity index (χ3v) is 5.05. The van der Waals surface area contributed by atoms with E-state index in [0.717, 1.165) is 29.0 Å². The van der Waals surface area contributed by atoms with Gasteiger partial charge in [0.25, 0.3) is 5.91 Å². The summed E-state index contributed by atoms with van der Waals surface area (Å²) >= 11 is 1.55.